The van der Waals surface area contributed by atoms with E-state index in [1.807, 2.05) is 13.8 Å². The van der Waals surface area contributed by atoms with Gasteiger partial charge in [0.15, 0.2) is 0 Å². The highest BCUT2D eigenvalue weighted by molar-refractivity contribution is 6.30. The molecule has 0 amide bonds. The molecule has 1 rings (SSSR count). The minimum atomic E-state index is -4.30. The monoisotopic (exact) mass is 309 g/mol. The maximum absolute atomic E-state index is 12.7. The van der Waals surface area contributed by atoms with Crippen LogP contribution < -0.4 is 4.90 Å². The lowest BCUT2D eigenvalue weighted by atomic mass is 10.2. The van der Waals surface area contributed by atoms with Gasteiger partial charge in [-0.3, -0.25) is 0 Å². The van der Waals surface area contributed by atoms with E-state index >= 15 is 0 Å². The van der Waals surface area contributed by atoms with Crippen LogP contribution in [0, 0.1) is 6.92 Å². The first-order valence-corrected chi connectivity index (χ1v) is 6.78. The van der Waals surface area contributed by atoms with Crippen molar-refractivity contribution in [1.82, 2.24) is 9.97 Å². The van der Waals surface area contributed by atoms with Crippen LogP contribution in [0.5, 0.6) is 0 Å². The molecule has 0 radical (unpaired) electrons. The second-order valence-electron chi connectivity index (χ2n) is 5.31. The number of alkyl halides is 3. The van der Waals surface area contributed by atoms with E-state index < -0.39 is 12.7 Å². The smallest absolute Gasteiger partial charge is 0.345 e. The summed E-state index contributed by atoms with van der Waals surface area (Å²) in [4.78, 5) is 9.59. The van der Waals surface area contributed by atoms with Crippen LogP contribution in [0.25, 0.3) is 0 Å². The van der Waals surface area contributed by atoms with Crippen LogP contribution >= 0.6 is 11.6 Å². The molecule has 0 fully saturated rings. The van der Waals surface area contributed by atoms with Crippen molar-refractivity contribution in [2.24, 2.45) is 0 Å². The molecule has 0 aliphatic carbocycles. The predicted molar refractivity (Wildman–Crippen MR) is 74.4 cm³/mol. The van der Waals surface area contributed by atoms with Gasteiger partial charge in [0.1, 0.15) is 23.3 Å². The normalized spacial score (nSPS) is 12.3. The van der Waals surface area contributed by atoms with Crippen molar-refractivity contribution in [2.45, 2.75) is 52.8 Å². The first-order chi connectivity index (χ1) is 9.03. The van der Waals surface area contributed by atoms with Gasteiger partial charge in [-0.25, -0.2) is 9.97 Å². The quantitative estimate of drug-likeness (QED) is 0.775. The zero-order valence-electron chi connectivity index (χ0n) is 12.2. The number of rotatable bonds is 4. The van der Waals surface area contributed by atoms with Crippen molar-refractivity contribution in [3.8, 4) is 0 Å². The third kappa shape index (κ3) is 4.23. The fraction of sp³-hybridized carbons (Fsp3) is 0.692. The molecule has 1 aromatic heterocycles. The second kappa shape index (κ2) is 6.16. The third-order valence-corrected chi connectivity index (χ3v) is 3.21. The fourth-order valence-corrected chi connectivity index (χ4v) is 1.90. The Balaban J connectivity index is 3.32. The van der Waals surface area contributed by atoms with E-state index in [9.17, 15) is 13.2 Å². The van der Waals surface area contributed by atoms with E-state index in [2.05, 4.69) is 9.97 Å². The molecule has 1 heterocycles. The van der Waals surface area contributed by atoms with Crippen LogP contribution in [-0.4, -0.2) is 28.7 Å². The molecule has 0 bridgehead atoms. The molecule has 0 aliphatic heterocycles. The zero-order chi connectivity index (χ0) is 15.7. The van der Waals surface area contributed by atoms with E-state index in [4.69, 9.17) is 11.6 Å². The Morgan fingerprint density at radius 2 is 1.70 bits per heavy atom. The van der Waals surface area contributed by atoms with Crippen LogP contribution in [0.3, 0.4) is 0 Å². The highest BCUT2D eigenvalue weighted by Crippen LogP contribution is 2.29. The summed E-state index contributed by atoms with van der Waals surface area (Å²) >= 11 is 6.02. The Bertz CT molecular complexity index is 473. The fourth-order valence-electron chi connectivity index (χ4n) is 1.73. The molecule has 1 aromatic rings. The van der Waals surface area contributed by atoms with Crippen molar-refractivity contribution >= 4 is 17.4 Å². The van der Waals surface area contributed by atoms with Gasteiger partial charge in [-0.1, -0.05) is 25.4 Å². The van der Waals surface area contributed by atoms with Gasteiger partial charge in [-0.2, -0.15) is 13.2 Å². The van der Waals surface area contributed by atoms with Crippen LogP contribution in [0.15, 0.2) is 0 Å². The number of hydrogen-bond donors (Lipinski definition) is 0. The standard InChI is InChI=1S/C13H19ClF3N3/c1-7(2)11-18-10(14)9(5)12(19-11)20(8(3)4)6-13(15,16)17/h7-8H,6H2,1-5H3. The lowest BCUT2D eigenvalue weighted by Gasteiger charge is -2.30. The molecular formula is C13H19ClF3N3. The Morgan fingerprint density at radius 3 is 2.10 bits per heavy atom. The molecule has 0 unspecified atom stereocenters. The molecule has 0 saturated carbocycles. The van der Waals surface area contributed by atoms with E-state index in [1.54, 1.807) is 20.8 Å². The Hall–Kier alpha value is -1.04. The molecule has 114 valence electrons. The average molecular weight is 310 g/mol. The van der Waals surface area contributed by atoms with Crippen molar-refractivity contribution < 1.29 is 13.2 Å². The summed E-state index contributed by atoms with van der Waals surface area (Å²) in [6.45, 7) is 7.69. The molecule has 0 saturated heterocycles. The van der Waals surface area contributed by atoms with Gasteiger partial charge in [0.2, 0.25) is 0 Å². The Kier molecular flexibility index (Phi) is 5.24. The van der Waals surface area contributed by atoms with Gasteiger partial charge in [0.05, 0.1) is 0 Å². The number of anilines is 1. The van der Waals surface area contributed by atoms with Crippen molar-refractivity contribution in [1.29, 1.82) is 0 Å². The summed E-state index contributed by atoms with van der Waals surface area (Å²) in [6.07, 6.45) is -4.30. The maximum atomic E-state index is 12.7. The molecule has 20 heavy (non-hydrogen) atoms. The largest absolute Gasteiger partial charge is 0.405 e. The number of aromatic nitrogens is 2. The average Bonchev–Trinajstić information content (AvgIpc) is 2.28. The van der Waals surface area contributed by atoms with Gasteiger partial charge in [-0.15, -0.1) is 0 Å². The number of nitrogens with zero attached hydrogens (tertiary/aromatic N) is 3. The van der Waals surface area contributed by atoms with Crippen LogP contribution in [0.2, 0.25) is 5.15 Å². The van der Waals surface area contributed by atoms with Crippen molar-refractivity contribution in [3.63, 3.8) is 0 Å². The van der Waals surface area contributed by atoms with Gasteiger partial charge in [-0.05, 0) is 20.8 Å². The molecule has 0 spiro atoms. The van der Waals surface area contributed by atoms with Crippen LogP contribution in [0.1, 0.15) is 45.0 Å². The first-order valence-electron chi connectivity index (χ1n) is 6.40. The molecule has 0 N–H and O–H groups in total. The first kappa shape index (κ1) is 17.0. The predicted octanol–water partition coefficient (Wildman–Crippen LogP) is 4.34. The minimum Gasteiger partial charge on any atom is -0.345 e. The zero-order valence-corrected chi connectivity index (χ0v) is 13.0. The summed E-state index contributed by atoms with van der Waals surface area (Å²) in [5.41, 5.74) is 0.467. The topological polar surface area (TPSA) is 29.0 Å². The van der Waals surface area contributed by atoms with Gasteiger partial charge in [0, 0.05) is 17.5 Å². The van der Waals surface area contributed by atoms with Crippen LogP contribution in [0.4, 0.5) is 19.0 Å². The van der Waals surface area contributed by atoms with Gasteiger partial charge >= 0.3 is 6.18 Å². The molecular weight excluding hydrogens is 291 g/mol. The Labute approximate surface area is 122 Å². The van der Waals surface area contributed by atoms with E-state index in [1.165, 1.54) is 4.90 Å². The molecule has 0 aromatic carbocycles. The summed E-state index contributed by atoms with van der Waals surface area (Å²) in [6, 6.07) is -0.346. The lowest BCUT2D eigenvalue weighted by Crippen LogP contribution is -2.40. The molecule has 0 atom stereocenters. The SMILES string of the molecule is Cc1c(Cl)nc(C(C)C)nc1N(CC(F)(F)F)C(C)C. The summed E-state index contributed by atoms with van der Waals surface area (Å²) in [5.74, 6) is 0.691. The van der Waals surface area contributed by atoms with E-state index in [-0.39, 0.29) is 22.9 Å². The number of hydrogen-bond acceptors (Lipinski definition) is 3. The molecule has 7 heteroatoms. The summed E-state index contributed by atoms with van der Waals surface area (Å²) in [7, 11) is 0. The minimum absolute atomic E-state index is 0.00764. The van der Waals surface area contributed by atoms with Crippen molar-refractivity contribution in [3.05, 3.63) is 16.5 Å². The Morgan fingerprint density at radius 1 is 1.15 bits per heavy atom. The highest BCUT2D eigenvalue weighted by atomic mass is 35.5. The van der Waals surface area contributed by atoms with Gasteiger partial charge < -0.3 is 4.90 Å². The summed E-state index contributed by atoms with van der Waals surface area (Å²) in [5, 5.41) is 0.200. The highest BCUT2D eigenvalue weighted by Gasteiger charge is 2.33. The number of halogens is 4. The lowest BCUT2D eigenvalue weighted by molar-refractivity contribution is -0.120. The van der Waals surface area contributed by atoms with Gasteiger partial charge in [0.25, 0.3) is 0 Å². The van der Waals surface area contributed by atoms with Crippen molar-refractivity contribution in [2.75, 3.05) is 11.4 Å². The maximum Gasteiger partial charge on any atom is 0.405 e. The summed E-state index contributed by atoms with van der Waals surface area (Å²) < 4.78 is 38.2. The third-order valence-electron chi connectivity index (χ3n) is 2.84. The second-order valence-corrected chi connectivity index (χ2v) is 5.67. The molecule has 0 aliphatic rings. The molecule has 3 nitrogen and oxygen atoms in total. The van der Waals surface area contributed by atoms with E-state index in [0.29, 0.717) is 11.4 Å². The van der Waals surface area contributed by atoms with Crippen LogP contribution in [-0.2, 0) is 0 Å². The van der Waals surface area contributed by atoms with E-state index in [0.717, 1.165) is 0 Å².